The normalized spacial score (nSPS) is 20.4. The molecular formula is C29H24N2O5S. The molecule has 2 aliphatic rings. The fourth-order valence-electron chi connectivity index (χ4n) is 4.94. The van der Waals surface area contributed by atoms with Gasteiger partial charge in [0.2, 0.25) is 0 Å². The number of carbonyl (C=O) groups is 2. The van der Waals surface area contributed by atoms with E-state index in [1.165, 1.54) is 16.2 Å². The van der Waals surface area contributed by atoms with Crippen molar-refractivity contribution in [2.45, 2.75) is 32.4 Å². The fourth-order valence-corrected chi connectivity index (χ4v) is 5.96. The summed E-state index contributed by atoms with van der Waals surface area (Å²) < 4.78 is 11.9. The molecule has 0 spiro atoms. The zero-order valence-electron chi connectivity index (χ0n) is 20.5. The first kappa shape index (κ1) is 23.2. The van der Waals surface area contributed by atoms with E-state index in [1.54, 1.807) is 25.3 Å². The number of fused-ring (bicyclic) bond motifs is 2. The highest BCUT2D eigenvalue weighted by Gasteiger charge is 2.48. The minimum Gasteiger partial charge on any atom is -0.507 e. The molecule has 6 rings (SSSR count). The lowest BCUT2D eigenvalue weighted by molar-refractivity contribution is -0.132. The van der Waals surface area contributed by atoms with E-state index in [2.05, 4.69) is 4.98 Å². The molecular weight excluding hydrogens is 488 g/mol. The molecule has 186 valence electrons. The summed E-state index contributed by atoms with van der Waals surface area (Å²) in [5, 5.41) is 11.9. The van der Waals surface area contributed by atoms with Crippen molar-refractivity contribution in [3.05, 3.63) is 88.5 Å². The van der Waals surface area contributed by atoms with Crippen LogP contribution in [0.5, 0.6) is 11.5 Å². The molecule has 3 aromatic carbocycles. The lowest BCUT2D eigenvalue weighted by Gasteiger charge is -2.23. The number of aliphatic hydroxyl groups excluding tert-OH is 1. The van der Waals surface area contributed by atoms with E-state index in [9.17, 15) is 14.7 Å². The number of ketones is 1. The number of rotatable bonds is 4. The Kier molecular flexibility index (Phi) is 5.49. The minimum absolute atomic E-state index is 0.0394. The van der Waals surface area contributed by atoms with E-state index >= 15 is 0 Å². The van der Waals surface area contributed by atoms with Crippen LogP contribution in [0.2, 0.25) is 0 Å². The van der Waals surface area contributed by atoms with Gasteiger partial charge in [-0.05, 0) is 61.4 Å². The zero-order chi connectivity index (χ0) is 25.8. The molecule has 0 radical (unpaired) electrons. The van der Waals surface area contributed by atoms with Crippen molar-refractivity contribution in [3.8, 4) is 11.5 Å². The topological polar surface area (TPSA) is 89.0 Å². The van der Waals surface area contributed by atoms with Crippen LogP contribution in [-0.2, 0) is 16.0 Å². The smallest absolute Gasteiger partial charge is 0.301 e. The number of Topliss-reactive ketones (excluding diaryl/α,β-unsaturated/α-hetero) is 1. The number of nitrogens with zero attached hydrogens (tertiary/aromatic N) is 2. The number of benzene rings is 3. The maximum absolute atomic E-state index is 13.5. The lowest BCUT2D eigenvalue weighted by atomic mass is 9.94. The number of anilines is 1. The predicted octanol–water partition coefficient (Wildman–Crippen LogP) is 5.56. The summed E-state index contributed by atoms with van der Waals surface area (Å²) in [6.07, 6.45) is 0.754. The Morgan fingerprint density at radius 3 is 2.65 bits per heavy atom. The number of hydrogen-bond donors (Lipinski definition) is 1. The zero-order valence-corrected chi connectivity index (χ0v) is 21.3. The van der Waals surface area contributed by atoms with Crippen molar-refractivity contribution in [1.82, 2.24) is 4.98 Å². The third-order valence-electron chi connectivity index (χ3n) is 6.80. The molecule has 1 fully saturated rings. The SMILES string of the molecule is COc1ccc2nc(N3C(=O)C(=O)C(=C(O)c4ccc5c(c4)CC(C)O5)C3c3ccc(C)cc3)sc2c1. The van der Waals surface area contributed by atoms with Gasteiger partial charge in [0.25, 0.3) is 5.78 Å². The summed E-state index contributed by atoms with van der Waals surface area (Å²) in [5.41, 5.74) is 3.91. The number of carbonyl (C=O) groups excluding carboxylic acids is 2. The highest BCUT2D eigenvalue weighted by atomic mass is 32.1. The number of methoxy groups -OCH3 is 1. The standard InChI is InChI=1S/C29H24N2O5S/c1-15-4-6-17(7-5-15)25-24(26(32)18-8-11-22-19(13-18)12-16(2)36-22)27(33)28(34)31(25)29-30-21-10-9-20(35-3)14-23(21)37-29/h4-11,13-14,16,25,32H,12H2,1-3H3. The molecule has 3 heterocycles. The largest absolute Gasteiger partial charge is 0.507 e. The Morgan fingerprint density at radius 1 is 1.11 bits per heavy atom. The van der Waals surface area contributed by atoms with E-state index in [4.69, 9.17) is 9.47 Å². The molecule has 7 nitrogen and oxygen atoms in total. The van der Waals surface area contributed by atoms with Gasteiger partial charge >= 0.3 is 5.91 Å². The van der Waals surface area contributed by atoms with Gasteiger partial charge in [0.1, 0.15) is 23.4 Å². The van der Waals surface area contributed by atoms with Crippen molar-refractivity contribution in [2.24, 2.45) is 0 Å². The van der Waals surface area contributed by atoms with Gasteiger partial charge in [-0.2, -0.15) is 0 Å². The summed E-state index contributed by atoms with van der Waals surface area (Å²) in [5.74, 6) is -0.239. The minimum atomic E-state index is -0.827. The van der Waals surface area contributed by atoms with Gasteiger partial charge in [0.05, 0.1) is 28.9 Å². The molecule has 2 atom stereocenters. The molecule has 37 heavy (non-hydrogen) atoms. The molecule has 1 amide bonds. The van der Waals surface area contributed by atoms with Gasteiger partial charge in [-0.3, -0.25) is 14.5 Å². The summed E-state index contributed by atoms with van der Waals surface area (Å²) >= 11 is 1.30. The van der Waals surface area contributed by atoms with Crippen LogP contribution < -0.4 is 14.4 Å². The van der Waals surface area contributed by atoms with Gasteiger partial charge in [-0.25, -0.2) is 4.98 Å². The summed E-state index contributed by atoms with van der Waals surface area (Å²) in [6, 6.07) is 17.6. The molecule has 0 aliphatic carbocycles. The first-order chi connectivity index (χ1) is 17.8. The molecule has 4 aromatic rings. The van der Waals surface area contributed by atoms with Crippen LogP contribution in [0.1, 0.15) is 35.2 Å². The number of aryl methyl sites for hydroxylation is 1. The van der Waals surface area contributed by atoms with Gasteiger partial charge in [-0.15, -0.1) is 0 Å². The van der Waals surface area contributed by atoms with Crippen LogP contribution in [0.4, 0.5) is 5.13 Å². The monoisotopic (exact) mass is 512 g/mol. The third kappa shape index (κ3) is 3.84. The van der Waals surface area contributed by atoms with Crippen molar-refractivity contribution < 1.29 is 24.2 Å². The van der Waals surface area contributed by atoms with Gasteiger partial charge < -0.3 is 14.6 Å². The van der Waals surface area contributed by atoms with Crippen LogP contribution >= 0.6 is 11.3 Å². The lowest BCUT2D eigenvalue weighted by Crippen LogP contribution is -2.29. The van der Waals surface area contributed by atoms with Crippen molar-refractivity contribution in [1.29, 1.82) is 0 Å². The maximum Gasteiger partial charge on any atom is 0.301 e. The summed E-state index contributed by atoms with van der Waals surface area (Å²) in [6.45, 7) is 3.95. The van der Waals surface area contributed by atoms with Gasteiger partial charge in [0.15, 0.2) is 5.13 Å². The van der Waals surface area contributed by atoms with Crippen LogP contribution in [0.3, 0.4) is 0 Å². The van der Waals surface area contributed by atoms with Crippen molar-refractivity contribution in [3.63, 3.8) is 0 Å². The number of aliphatic hydroxyl groups is 1. The molecule has 1 N–H and O–H groups in total. The number of amides is 1. The van der Waals surface area contributed by atoms with Crippen LogP contribution in [0, 0.1) is 6.92 Å². The summed E-state index contributed by atoms with van der Waals surface area (Å²) in [4.78, 5) is 33.0. The Bertz CT molecular complexity index is 1600. The Balaban J connectivity index is 1.52. The van der Waals surface area contributed by atoms with E-state index in [1.807, 2.05) is 56.3 Å². The van der Waals surface area contributed by atoms with Crippen molar-refractivity contribution >= 4 is 44.1 Å². The molecule has 1 saturated heterocycles. The van der Waals surface area contributed by atoms with Crippen LogP contribution in [0.25, 0.3) is 16.0 Å². The molecule has 2 aliphatic heterocycles. The van der Waals surface area contributed by atoms with Gasteiger partial charge in [-0.1, -0.05) is 41.2 Å². The number of aromatic nitrogens is 1. The first-order valence-electron chi connectivity index (χ1n) is 12.0. The van der Waals surface area contributed by atoms with Crippen LogP contribution in [-0.4, -0.2) is 35.0 Å². The molecule has 0 saturated carbocycles. The van der Waals surface area contributed by atoms with Gasteiger partial charge in [0, 0.05) is 12.0 Å². The summed E-state index contributed by atoms with van der Waals surface area (Å²) in [7, 11) is 1.59. The second-order valence-electron chi connectivity index (χ2n) is 9.36. The molecule has 2 unspecified atom stereocenters. The average molecular weight is 513 g/mol. The Morgan fingerprint density at radius 2 is 1.89 bits per heavy atom. The average Bonchev–Trinajstić information content (AvgIpc) is 3.55. The fraction of sp³-hybridized carbons (Fsp3) is 0.207. The Hall–Kier alpha value is -4.17. The maximum atomic E-state index is 13.5. The molecule has 1 aromatic heterocycles. The highest BCUT2D eigenvalue weighted by Crippen LogP contribution is 2.45. The van der Waals surface area contributed by atoms with Crippen LogP contribution in [0.15, 0.2) is 66.2 Å². The number of thiazole rings is 1. The molecule has 8 heteroatoms. The Labute approximate surface area is 217 Å². The number of ether oxygens (including phenoxy) is 2. The van der Waals surface area contributed by atoms with E-state index in [-0.39, 0.29) is 17.4 Å². The number of hydrogen-bond acceptors (Lipinski definition) is 7. The second kappa shape index (κ2) is 8.74. The van der Waals surface area contributed by atoms with E-state index < -0.39 is 17.7 Å². The van der Waals surface area contributed by atoms with Crippen molar-refractivity contribution in [2.75, 3.05) is 12.0 Å². The highest BCUT2D eigenvalue weighted by molar-refractivity contribution is 7.22. The first-order valence-corrected chi connectivity index (χ1v) is 12.8. The predicted molar refractivity (Wildman–Crippen MR) is 142 cm³/mol. The molecule has 0 bridgehead atoms. The third-order valence-corrected chi connectivity index (χ3v) is 7.81. The van der Waals surface area contributed by atoms with E-state index in [0.29, 0.717) is 33.9 Å². The van der Waals surface area contributed by atoms with E-state index in [0.717, 1.165) is 21.6 Å². The second-order valence-corrected chi connectivity index (χ2v) is 10.4. The quantitative estimate of drug-likeness (QED) is 0.219.